The molecule has 4 rings (SSSR count). The molecule has 2 heterocycles. The summed E-state index contributed by atoms with van der Waals surface area (Å²) in [4.78, 5) is 18.7. The zero-order valence-electron chi connectivity index (χ0n) is 26.5. The molecule has 244 valence electrons. The van der Waals surface area contributed by atoms with Crippen molar-refractivity contribution in [2.45, 2.75) is 132 Å². The number of anilines is 2. The van der Waals surface area contributed by atoms with Crippen LogP contribution in [0.1, 0.15) is 115 Å². The molecule has 0 radical (unpaired) electrons. The molecule has 4 nitrogen and oxygen atoms in total. The number of hydrogen-bond donors (Lipinski definition) is 0. The van der Waals surface area contributed by atoms with Crippen LogP contribution < -0.4 is 4.90 Å². The average Bonchev–Trinajstić information content (AvgIpc) is 3.45. The van der Waals surface area contributed by atoms with Gasteiger partial charge in [-0.15, -0.1) is 0 Å². The summed E-state index contributed by atoms with van der Waals surface area (Å²) in [5.41, 5.74) is 0.944. The lowest BCUT2D eigenvalue weighted by Gasteiger charge is -2.33. The molecule has 1 unspecified atom stereocenters. The predicted molar refractivity (Wildman–Crippen MR) is 175 cm³/mol. The van der Waals surface area contributed by atoms with E-state index in [1.54, 1.807) is 6.07 Å². The van der Waals surface area contributed by atoms with E-state index in [9.17, 15) is 18.0 Å². The molecule has 1 saturated heterocycles. The lowest BCUT2D eigenvalue weighted by Crippen LogP contribution is -2.29. The van der Waals surface area contributed by atoms with E-state index >= 15 is 0 Å². The maximum absolute atomic E-state index is 13.5. The summed E-state index contributed by atoms with van der Waals surface area (Å²) in [5.74, 6) is -0.0839. The average molecular weight is 633 g/mol. The number of nitrogens with zero attached hydrogens (tertiary/aromatic N) is 2. The van der Waals surface area contributed by atoms with Crippen molar-refractivity contribution in [2.75, 3.05) is 31.1 Å². The van der Waals surface area contributed by atoms with Crippen molar-refractivity contribution >= 4 is 29.1 Å². The van der Waals surface area contributed by atoms with E-state index in [1.165, 1.54) is 94.5 Å². The van der Waals surface area contributed by atoms with Crippen molar-refractivity contribution < 1.29 is 22.7 Å². The number of unbranched alkanes of at least 4 members (excludes halogenated alkanes) is 12. The van der Waals surface area contributed by atoms with Crippen molar-refractivity contribution in [3.63, 3.8) is 0 Å². The number of esters is 1. The van der Waals surface area contributed by atoms with Crippen LogP contribution in [0.4, 0.5) is 24.5 Å². The highest BCUT2D eigenvalue weighted by Crippen LogP contribution is 2.49. The van der Waals surface area contributed by atoms with Gasteiger partial charge in [-0.2, -0.15) is 13.2 Å². The molecular formula is C36H51F3N2O2S. The van der Waals surface area contributed by atoms with Crippen LogP contribution in [0, 0.1) is 0 Å². The van der Waals surface area contributed by atoms with E-state index in [1.807, 2.05) is 29.2 Å². The minimum Gasteiger partial charge on any atom is -0.461 e. The number of alkyl halides is 3. The largest absolute Gasteiger partial charge is 0.461 e. The smallest absolute Gasteiger partial charge is 0.416 e. The zero-order valence-corrected chi connectivity index (χ0v) is 27.3. The summed E-state index contributed by atoms with van der Waals surface area (Å²) in [6.45, 7) is 5.29. The third-order valence-electron chi connectivity index (χ3n) is 8.82. The second-order valence-electron chi connectivity index (χ2n) is 12.4. The fourth-order valence-electron chi connectivity index (χ4n) is 6.33. The first-order valence-electron chi connectivity index (χ1n) is 17.0. The molecule has 0 bridgehead atoms. The molecule has 8 heteroatoms. The summed E-state index contributed by atoms with van der Waals surface area (Å²) in [5, 5.41) is 0. The maximum atomic E-state index is 13.5. The van der Waals surface area contributed by atoms with Gasteiger partial charge in [0.1, 0.15) is 6.10 Å². The molecule has 2 aliphatic rings. The van der Waals surface area contributed by atoms with Gasteiger partial charge >= 0.3 is 12.1 Å². The number of halogens is 3. The summed E-state index contributed by atoms with van der Waals surface area (Å²) >= 11 is 1.52. The summed E-state index contributed by atoms with van der Waals surface area (Å²) < 4.78 is 46.3. The van der Waals surface area contributed by atoms with Crippen molar-refractivity contribution in [3.8, 4) is 0 Å². The van der Waals surface area contributed by atoms with E-state index in [0.717, 1.165) is 60.8 Å². The Hall–Kier alpha value is -2.19. The van der Waals surface area contributed by atoms with Gasteiger partial charge in [0, 0.05) is 35.8 Å². The number of benzene rings is 2. The van der Waals surface area contributed by atoms with Crippen LogP contribution >= 0.6 is 11.8 Å². The van der Waals surface area contributed by atoms with Crippen LogP contribution in [-0.2, 0) is 15.7 Å². The molecule has 44 heavy (non-hydrogen) atoms. The van der Waals surface area contributed by atoms with Crippen LogP contribution in [0.15, 0.2) is 52.3 Å². The SMILES string of the molecule is CCCCCCCCCCCCCCCC(=O)OC1CCN(CCCN2c3ccccc3Sc3ccc(C(F)(F)F)cc32)C1. The zero-order chi connectivity index (χ0) is 31.2. The molecule has 2 aromatic rings. The Morgan fingerprint density at radius 2 is 1.45 bits per heavy atom. The Labute approximate surface area is 267 Å². The number of para-hydroxylation sites is 1. The van der Waals surface area contributed by atoms with Crippen molar-refractivity contribution in [3.05, 3.63) is 48.0 Å². The minimum atomic E-state index is -4.38. The van der Waals surface area contributed by atoms with Gasteiger partial charge < -0.3 is 9.64 Å². The first kappa shape index (κ1) is 34.7. The lowest BCUT2D eigenvalue weighted by molar-refractivity contribution is -0.148. The number of hydrogen-bond acceptors (Lipinski definition) is 5. The van der Waals surface area contributed by atoms with Crippen LogP contribution in [0.25, 0.3) is 0 Å². The van der Waals surface area contributed by atoms with E-state index < -0.39 is 11.7 Å². The molecule has 2 aromatic carbocycles. The first-order chi connectivity index (χ1) is 21.3. The van der Waals surface area contributed by atoms with E-state index in [2.05, 4.69) is 11.8 Å². The molecule has 0 spiro atoms. The molecule has 1 fully saturated rings. The van der Waals surface area contributed by atoms with Gasteiger partial charge in [-0.05, 0) is 56.1 Å². The third-order valence-corrected chi connectivity index (χ3v) is 9.95. The highest BCUT2D eigenvalue weighted by atomic mass is 32.2. The van der Waals surface area contributed by atoms with Gasteiger partial charge in [-0.1, -0.05) is 108 Å². The van der Waals surface area contributed by atoms with E-state index in [-0.39, 0.29) is 12.1 Å². The fraction of sp³-hybridized carbons (Fsp3) is 0.639. The molecule has 1 atom stereocenters. The monoisotopic (exact) mass is 632 g/mol. The Morgan fingerprint density at radius 1 is 0.818 bits per heavy atom. The van der Waals surface area contributed by atoms with Gasteiger partial charge in [0.05, 0.1) is 16.9 Å². The minimum absolute atomic E-state index is 0.0633. The molecular weight excluding hydrogens is 581 g/mol. The van der Waals surface area contributed by atoms with Crippen LogP contribution in [0.2, 0.25) is 0 Å². The second kappa shape index (κ2) is 18.1. The molecule has 2 aliphatic heterocycles. The summed E-state index contributed by atoms with van der Waals surface area (Å²) in [6.07, 6.45) is 14.4. The maximum Gasteiger partial charge on any atom is 0.416 e. The second-order valence-corrected chi connectivity index (χ2v) is 13.5. The Bertz CT molecular complexity index is 1160. The van der Waals surface area contributed by atoms with Crippen molar-refractivity contribution in [2.24, 2.45) is 0 Å². The Balaban J connectivity index is 1.10. The number of fused-ring (bicyclic) bond motifs is 2. The van der Waals surface area contributed by atoms with Crippen LogP contribution in [0.3, 0.4) is 0 Å². The van der Waals surface area contributed by atoms with Gasteiger partial charge in [0.2, 0.25) is 0 Å². The highest BCUT2D eigenvalue weighted by Gasteiger charge is 2.33. The lowest BCUT2D eigenvalue weighted by atomic mass is 10.0. The standard InChI is InChI=1S/C36H51F3N2O2S/c1-2-3-4-5-6-7-8-9-10-11-12-13-14-20-35(42)43-30-23-26-40(28-30)24-17-25-41-31-18-15-16-19-33(31)44-34-22-21-29(27-32(34)41)36(37,38)39/h15-16,18-19,21-22,27,30H,2-14,17,20,23-26,28H2,1H3. The van der Waals surface area contributed by atoms with Crippen LogP contribution in [-0.4, -0.2) is 43.2 Å². The number of carbonyl (C=O) groups excluding carboxylic acids is 1. The van der Waals surface area contributed by atoms with Gasteiger partial charge in [-0.3, -0.25) is 9.69 Å². The normalized spacial score (nSPS) is 16.6. The molecule has 0 saturated carbocycles. The molecule has 0 amide bonds. The Kier molecular flexibility index (Phi) is 14.2. The summed E-state index contributed by atoms with van der Waals surface area (Å²) in [6, 6.07) is 11.9. The van der Waals surface area contributed by atoms with Gasteiger partial charge in [0.25, 0.3) is 0 Å². The molecule has 0 N–H and O–H groups in total. The quantitative estimate of drug-likeness (QED) is 0.114. The number of rotatable bonds is 19. The molecule has 0 aliphatic carbocycles. The predicted octanol–water partition coefficient (Wildman–Crippen LogP) is 10.8. The third kappa shape index (κ3) is 11.0. The van der Waals surface area contributed by atoms with E-state index in [0.29, 0.717) is 18.7 Å². The first-order valence-corrected chi connectivity index (χ1v) is 17.8. The highest BCUT2D eigenvalue weighted by molar-refractivity contribution is 7.99. The number of ether oxygens (including phenoxy) is 1. The topological polar surface area (TPSA) is 32.8 Å². The van der Waals surface area contributed by atoms with Crippen LogP contribution in [0.5, 0.6) is 0 Å². The van der Waals surface area contributed by atoms with Gasteiger partial charge in [-0.25, -0.2) is 0 Å². The Morgan fingerprint density at radius 3 is 2.14 bits per heavy atom. The molecule has 0 aromatic heterocycles. The van der Waals surface area contributed by atoms with Crippen molar-refractivity contribution in [1.82, 2.24) is 4.90 Å². The number of likely N-dealkylation sites (tertiary alicyclic amines) is 1. The van der Waals surface area contributed by atoms with Gasteiger partial charge in [0.15, 0.2) is 0 Å². The summed E-state index contributed by atoms with van der Waals surface area (Å²) in [7, 11) is 0. The number of carbonyl (C=O) groups is 1. The van der Waals surface area contributed by atoms with E-state index in [4.69, 9.17) is 4.74 Å². The van der Waals surface area contributed by atoms with Crippen molar-refractivity contribution in [1.29, 1.82) is 0 Å². The fourth-order valence-corrected chi connectivity index (χ4v) is 7.40.